The number of amides is 1. The Labute approximate surface area is 148 Å². The molecule has 25 heavy (non-hydrogen) atoms. The molecule has 0 aliphatic rings. The third-order valence-corrected chi connectivity index (χ3v) is 5.90. The summed E-state index contributed by atoms with van der Waals surface area (Å²) in [6.45, 7) is 3.42. The number of nitrogens with zero attached hydrogens (tertiary/aromatic N) is 1. The van der Waals surface area contributed by atoms with E-state index < -0.39 is 10.0 Å². The molecule has 2 heterocycles. The lowest BCUT2D eigenvalue weighted by atomic mass is 10.2. The number of nitrogens with one attached hydrogen (secondary N) is 2. The Morgan fingerprint density at radius 3 is 2.52 bits per heavy atom. The zero-order valence-corrected chi connectivity index (χ0v) is 15.1. The maximum atomic E-state index is 12.6. The van der Waals surface area contributed by atoms with Crippen molar-refractivity contribution >= 4 is 38.2 Å². The molecule has 3 aromatic rings. The molecule has 0 aliphatic carbocycles. The number of aryl methyl sites for hydroxylation is 1. The molecule has 0 radical (unpaired) electrons. The van der Waals surface area contributed by atoms with Gasteiger partial charge in [-0.1, -0.05) is 23.4 Å². The van der Waals surface area contributed by atoms with Gasteiger partial charge in [0.1, 0.15) is 9.90 Å². The van der Waals surface area contributed by atoms with Crippen molar-refractivity contribution < 1.29 is 17.7 Å². The predicted molar refractivity (Wildman–Crippen MR) is 95.5 cm³/mol. The topological polar surface area (TPSA) is 101 Å². The van der Waals surface area contributed by atoms with Gasteiger partial charge in [0, 0.05) is 11.1 Å². The van der Waals surface area contributed by atoms with Gasteiger partial charge in [-0.3, -0.25) is 4.79 Å². The molecule has 2 N–H and O–H groups in total. The maximum absolute atomic E-state index is 12.6. The van der Waals surface area contributed by atoms with Crippen LogP contribution in [0.15, 0.2) is 51.2 Å². The first-order chi connectivity index (χ1) is 11.9. The fraction of sp³-hybridized carbons (Fsp3) is 0.125. The molecule has 0 saturated heterocycles. The van der Waals surface area contributed by atoms with Gasteiger partial charge in [-0.25, -0.2) is 13.1 Å². The van der Waals surface area contributed by atoms with Crippen molar-refractivity contribution in [1.82, 2.24) is 5.16 Å². The third-order valence-electron chi connectivity index (χ3n) is 3.57. The Bertz CT molecular complexity index is 1010. The van der Waals surface area contributed by atoms with Crippen molar-refractivity contribution in [3.05, 3.63) is 58.6 Å². The van der Waals surface area contributed by atoms with E-state index in [1.54, 1.807) is 49.6 Å². The molecule has 7 nitrogen and oxygen atoms in total. The van der Waals surface area contributed by atoms with Gasteiger partial charge in [-0.2, -0.15) is 0 Å². The van der Waals surface area contributed by atoms with Crippen molar-refractivity contribution in [1.29, 1.82) is 0 Å². The van der Waals surface area contributed by atoms with E-state index >= 15 is 0 Å². The summed E-state index contributed by atoms with van der Waals surface area (Å²) in [6, 6.07) is 9.98. The Morgan fingerprint density at radius 1 is 1.16 bits per heavy atom. The summed E-state index contributed by atoms with van der Waals surface area (Å²) in [5, 5.41) is 8.18. The minimum Gasteiger partial charge on any atom is -0.337 e. The number of anilines is 2. The summed E-state index contributed by atoms with van der Waals surface area (Å²) < 4.78 is 32.6. The Kier molecular flexibility index (Phi) is 4.60. The number of hydrogen-bond acceptors (Lipinski definition) is 6. The van der Waals surface area contributed by atoms with Gasteiger partial charge in [0.05, 0.1) is 5.69 Å². The van der Waals surface area contributed by atoms with Crippen molar-refractivity contribution in [3.63, 3.8) is 0 Å². The van der Waals surface area contributed by atoms with Crippen LogP contribution in [0.1, 0.15) is 21.6 Å². The van der Waals surface area contributed by atoms with Crippen LogP contribution in [0.3, 0.4) is 0 Å². The second kappa shape index (κ2) is 6.69. The van der Waals surface area contributed by atoms with Gasteiger partial charge in [0.25, 0.3) is 15.9 Å². The minimum atomic E-state index is -3.93. The highest BCUT2D eigenvalue weighted by atomic mass is 32.2. The number of carbonyl (C=O) groups excluding carboxylic acids is 1. The molecule has 3 rings (SSSR count). The summed E-state index contributed by atoms with van der Waals surface area (Å²) in [6.07, 6.45) is 0. The first-order valence-electron chi connectivity index (χ1n) is 7.28. The number of rotatable bonds is 5. The van der Waals surface area contributed by atoms with Crippen LogP contribution in [0.25, 0.3) is 0 Å². The Hall–Kier alpha value is -2.65. The molecule has 1 amide bonds. The lowest BCUT2D eigenvalue weighted by molar-refractivity contribution is 0.102. The van der Waals surface area contributed by atoms with E-state index in [0.717, 1.165) is 11.3 Å². The molecule has 0 atom stereocenters. The van der Waals surface area contributed by atoms with Crippen LogP contribution in [0, 0.1) is 13.8 Å². The van der Waals surface area contributed by atoms with Crippen LogP contribution >= 0.6 is 11.3 Å². The smallest absolute Gasteiger partial charge is 0.267 e. The average molecular weight is 377 g/mol. The maximum Gasteiger partial charge on any atom is 0.267 e. The second-order valence-electron chi connectivity index (χ2n) is 5.26. The van der Waals surface area contributed by atoms with E-state index in [2.05, 4.69) is 15.2 Å². The van der Waals surface area contributed by atoms with Gasteiger partial charge >= 0.3 is 0 Å². The summed E-state index contributed by atoms with van der Waals surface area (Å²) in [7, 11) is -3.93. The SMILES string of the molecule is Cc1noc(NS(=O)(=O)c2ccsc2NC(=O)c2ccccc2)c1C. The van der Waals surface area contributed by atoms with Crippen LogP contribution in [-0.4, -0.2) is 19.5 Å². The third kappa shape index (κ3) is 3.57. The second-order valence-corrected chi connectivity index (χ2v) is 7.83. The van der Waals surface area contributed by atoms with Crippen molar-refractivity contribution in [2.24, 2.45) is 0 Å². The summed E-state index contributed by atoms with van der Waals surface area (Å²) in [5.41, 5.74) is 1.64. The van der Waals surface area contributed by atoms with E-state index in [-0.39, 0.29) is 21.7 Å². The molecule has 9 heteroatoms. The standard InChI is InChI=1S/C16H15N3O4S2/c1-10-11(2)18-23-15(10)19-25(21,22)13-8-9-24-16(13)17-14(20)12-6-4-3-5-7-12/h3-9,19H,1-2H3,(H,17,20). The van der Waals surface area contributed by atoms with Crippen LogP contribution in [0.2, 0.25) is 0 Å². The number of carbonyl (C=O) groups is 1. The van der Waals surface area contributed by atoms with Gasteiger partial charge in [0.2, 0.25) is 5.88 Å². The minimum absolute atomic E-state index is 0.0322. The van der Waals surface area contributed by atoms with Crippen LogP contribution < -0.4 is 10.0 Å². The quantitative estimate of drug-likeness (QED) is 0.709. The lowest BCUT2D eigenvalue weighted by Crippen LogP contribution is -2.17. The van der Waals surface area contributed by atoms with E-state index in [1.165, 1.54) is 6.07 Å². The molecule has 0 bridgehead atoms. The fourth-order valence-electron chi connectivity index (χ4n) is 2.05. The van der Waals surface area contributed by atoms with E-state index in [0.29, 0.717) is 16.8 Å². The number of hydrogen-bond donors (Lipinski definition) is 2. The normalized spacial score (nSPS) is 11.3. The molecular weight excluding hydrogens is 362 g/mol. The lowest BCUT2D eigenvalue weighted by Gasteiger charge is -2.08. The zero-order valence-electron chi connectivity index (χ0n) is 13.4. The summed E-state index contributed by atoms with van der Waals surface area (Å²) in [4.78, 5) is 12.2. The first-order valence-corrected chi connectivity index (χ1v) is 9.64. The number of sulfonamides is 1. The Morgan fingerprint density at radius 2 is 1.88 bits per heavy atom. The largest absolute Gasteiger partial charge is 0.337 e. The van der Waals surface area contributed by atoms with E-state index in [1.807, 2.05) is 0 Å². The molecule has 1 aromatic carbocycles. The molecule has 0 aliphatic heterocycles. The van der Waals surface area contributed by atoms with Crippen LogP contribution in [0.4, 0.5) is 10.9 Å². The molecule has 2 aromatic heterocycles. The number of benzene rings is 1. The number of thiophene rings is 1. The predicted octanol–water partition coefficient (Wildman–Crippen LogP) is 3.41. The zero-order chi connectivity index (χ0) is 18.0. The van der Waals surface area contributed by atoms with Gasteiger partial charge in [0.15, 0.2) is 0 Å². The van der Waals surface area contributed by atoms with Crippen molar-refractivity contribution in [3.8, 4) is 0 Å². The van der Waals surface area contributed by atoms with Crippen molar-refractivity contribution in [2.75, 3.05) is 10.0 Å². The van der Waals surface area contributed by atoms with Gasteiger partial charge < -0.3 is 9.84 Å². The molecule has 0 unspecified atom stereocenters. The van der Waals surface area contributed by atoms with Crippen LogP contribution in [-0.2, 0) is 10.0 Å². The molecule has 0 saturated carbocycles. The fourth-order valence-corrected chi connectivity index (χ4v) is 4.37. The number of aromatic nitrogens is 1. The Balaban J connectivity index is 1.85. The van der Waals surface area contributed by atoms with Gasteiger partial charge in [-0.15, -0.1) is 11.3 Å². The van der Waals surface area contributed by atoms with Crippen LogP contribution in [0.5, 0.6) is 0 Å². The average Bonchev–Trinajstić information content (AvgIpc) is 3.18. The highest BCUT2D eigenvalue weighted by molar-refractivity contribution is 7.93. The molecule has 0 spiro atoms. The van der Waals surface area contributed by atoms with Crippen molar-refractivity contribution in [2.45, 2.75) is 18.7 Å². The molecule has 130 valence electrons. The molecule has 0 fully saturated rings. The van der Waals surface area contributed by atoms with Gasteiger partial charge in [-0.05, 0) is 37.4 Å². The molecular formula is C16H15N3O4S2. The van der Waals surface area contributed by atoms with E-state index in [4.69, 9.17) is 4.52 Å². The highest BCUT2D eigenvalue weighted by Gasteiger charge is 2.24. The highest BCUT2D eigenvalue weighted by Crippen LogP contribution is 2.30. The monoisotopic (exact) mass is 377 g/mol. The van der Waals surface area contributed by atoms with E-state index in [9.17, 15) is 13.2 Å². The first kappa shape index (κ1) is 17.2. The summed E-state index contributed by atoms with van der Waals surface area (Å²) in [5.74, 6) is -0.324. The summed E-state index contributed by atoms with van der Waals surface area (Å²) >= 11 is 1.12.